The van der Waals surface area contributed by atoms with Crippen molar-refractivity contribution in [3.05, 3.63) is 58.6 Å². The number of benzene rings is 2. The molecule has 178 valence electrons. The van der Waals surface area contributed by atoms with Gasteiger partial charge in [-0.25, -0.2) is 8.42 Å². The topological polar surface area (TPSA) is 95.6 Å². The van der Waals surface area contributed by atoms with Gasteiger partial charge in [-0.3, -0.25) is 9.59 Å². The molecule has 33 heavy (non-hydrogen) atoms. The molecule has 2 aromatic rings. The first kappa shape index (κ1) is 25.2. The summed E-state index contributed by atoms with van der Waals surface area (Å²) >= 11 is 6.26. The lowest BCUT2D eigenvalue weighted by molar-refractivity contribution is 0.0920. The third-order valence-corrected chi connectivity index (χ3v) is 7.52. The Morgan fingerprint density at radius 1 is 0.909 bits per heavy atom. The molecule has 0 spiro atoms. The Labute approximate surface area is 200 Å². The second kappa shape index (κ2) is 10.2. The lowest BCUT2D eigenvalue weighted by Crippen LogP contribution is -2.40. The summed E-state index contributed by atoms with van der Waals surface area (Å²) in [5, 5.41) is 5.70. The predicted octanol–water partition coefficient (Wildman–Crippen LogP) is 4.69. The average molecular weight is 492 g/mol. The van der Waals surface area contributed by atoms with Gasteiger partial charge in [-0.2, -0.15) is 4.31 Å². The molecule has 0 radical (unpaired) electrons. The summed E-state index contributed by atoms with van der Waals surface area (Å²) < 4.78 is 27.8. The van der Waals surface area contributed by atoms with Crippen LogP contribution in [-0.2, 0) is 10.0 Å². The van der Waals surface area contributed by atoms with E-state index >= 15 is 0 Å². The Morgan fingerprint density at radius 2 is 1.55 bits per heavy atom. The van der Waals surface area contributed by atoms with E-state index in [4.69, 9.17) is 11.6 Å². The van der Waals surface area contributed by atoms with Gasteiger partial charge in [-0.1, -0.05) is 36.6 Å². The number of hydrogen-bond donors (Lipinski definition) is 2. The monoisotopic (exact) mass is 491 g/mol. The maximum atomic E-state index is 13.2. The van der Waals surface area contributed by atoms with Gasteiger partial charge < -0.3 is 10.6 Å². The highest BCUT2D eigenvalue weighted by Crippen LogP contribution is 2.26. The van der Waals surface area contributed by atoms with E-state index in [-0.39, 0.29) is 21.4 Å². The zero-order valence-corrected chi connectivity index (χ0v) is 20.7. The number of halogens is 1. The summed E-state index contributed by atoms with van der Waals surface area (Å²) in [6.07, 6.45) is 3.63. The van der Waals surface area contributed by atoms with Crippen LogP contribution in [0.3, 0.4) is 0 Å². The van der Waals surface area contributed by atoms with Crippen molar-refractivity contribution in [1.29, 1.82) is 0 Å². The summed E-state index contributed by atoms with van der Waals surface area (Å²) in [6, 6.07) is 10.8. The van der Waals surface area contributed by atoms with E-state index in [1.165, 1.54) is 22.5 Å². The zero-order valence-electron chi connectivity index (χ0n) is 19.2. The Bertz CT molecular complexity index is 1130. The molecule has 1 aliphatic heterocycles. The predicted molar refractivity (Wildman–Crippen MR) is 130 cm³/mol. The van der Waals surface area contributed by atoms with Crippen molar-refractivity contribution < 1.29 is 18.0 Å². The maximum absolute atomic E-state index is 13.2. The molecule has 0 unspecified atom stereocenters. The van der Waals surface area contributed by atoms with Gasteiger partial charge in [0.1, 0.15) is 0 Å². The van der Waals surface area contributed by atoms with Crippen LogP contribution in [0.15, 0.2) is 47.4 Å². The lowest BCUT2D eigenvalue weighted by atomic mass is 10.1. The van der Waals surface area contributed by atoms with Crippen molar-refractivity contribution in [3.63, 3.8) is 0 Å². The van der Waals surface area contributed by atoms with E-state index < -0.39 is 21.5 Å². The summed E-state index contributed by atoms with van der Waals surface area (Å²) in [5.74, 6) is -0.925. The molecule has 2 N–H and O–H groups in total. The number of anilines is 1. The SMILES string of the molecule is CC(C)(C)NC(=O)c1ccccc1NC(=O)c1cc(S(=O)(=O)N2CCCCCC2)ccc1Cl. The number of carbonyl (C=O) groups is 2. The second-order valence-electron chi connectivity index (χ2n) is 9.16. The summed E-state index contributed by atoms with van der Waals surface area (Å²) in [6.45, 7) is 6.51. The van der Waals surface area contributed by atoms with Crippen molar-refractivity contribution >= 4 is 39.1 Å². The van der Waals surface area contributed by atoms with Crippen molar-refractivity contribution in [2.45, 2.75) is 56.9 Å². The van der Waals surface area contributed by atoms with Crippen LogP contribution in [-0.4, -0.2) is 43.2 Å². The van der Waals surface area contributed by atoms with E-state index in [0.29, 0.717) is 24.3 Å². The standard InChI is InChI=1S/C24H30ClN3O4S/c1-24(2,3)27-23(30)18-10-6-7-11-21(18)26-22(29)19-16-17(12-13-20(19)25)33(31,32)28-14-8-4-5-9-15-28/h6-7,10-13,16H,4-5,8-9,14-15H2,1-3H3,(H,26,29)(H,27,30). The molecule has 1 saturated heterocycles. The van der Waals surface area contributed by atoms with Crippen LogP contribution in [0.25, 0.3) is 0 Å². The smallest absolute Gasteiger partial charge is 0.257 e. The minimum absolute atomic E-state index is 0.0257. The van der Waals surface area contributed by atoms with Gasteiger partial charge in [0.05, 0.1) is 26.7 Å². The van der Waals surface area contributed by atoms with E-state index in [1.807, 2.05) is 20.8 Å². The van der Waals surface area contributed by atoms with Crippen LogP contribution < -0.4 is 10.6 Å². The number of rotatable bonds is 5. The van der Waals surface area contributed by atoms with Crippen molar-refractivity contribution in [2.24, 2.45) is 0 Å². The largest absolute Gasteiger partial charge is 0.347 e. The number of nitrogens with zero attached hydrogens (tertiary/aromatic N) is 1. The fourth-order valence-electron chi connectivity index (χ4n) is 3.66. The van der Waals surface area contributed by atoms with Crippen LogP contribution in [0.5, 0.6) is 0 Å². The highest BCUT2D eigenvalue weighted by molar-refractivity contribution is 7.89. The third kappa shape index (κ3) is 6.34. The van der Waals surface area contributed by atoms with Crippen molar-refractivity contribution in [2.75, 3.05) is 18.4 Å². The molecule has 0 aliphatic carbocycles. The molecule has 9 heteroatoms. The Hall–Kier alpha value is -2.42. The first-order valence-electron chi connectivity index (χ1n) is 11.0. The highest BCUT2D eigenvalue weighted by atomic mass is 35.5. The Balaban J connectivity index is 1.88. The molecule has 7 nitrogen and oxygen atoms in total. The average Bonchev–Trinajstić information content (AvgIpc) is 3.03. The molecule has 3 rings (SSSR count). The molecule has 1 heterocycles. The lowest BCUT2D eigenvalue weighted by Gasteiger charge is -2.22. The highest BCUT2D eigenvalue weighted by Gasteiger charge is 2.27. The zero-order chi connectivity index (χ0) is 24.2. The third-order valence-electron chi connectivity index (χ3n) is 5.29. The summed E-state index contributed by atoms with van der Waals surface area (Å²) in [4.78, 5) is 25.8. The van der Waals surface area contributed by atoms with Crippen molar-refractivity contribution in [1.82, 2.24) is 9.62 Å². The molecule has 1 fully saturated rings. The quantitative estimate of drug-likeness (QED) is 0.634. The van der Waals surface area contributed by atoms with Crippen LogP contribution in [0.4, 0.5) is 5.69 Å². The van der Waals surface area contributed by atoms with Gasteiger partial charge in [0.15, 0.2) is 0 Å². The van der Waals surface area contributed by atoms with Gasteiger partial charge in [0.25, 0.3) is 11.8 Å². The van der Waals surface area contributed by atoms with Gasteiger partial charge in [-0.05, 0) is 63.9 Å². The normalized spacial score (nSPS) is 15.5. The molecule has 0 aromatic heterocycles. The van der Waals surface area contributed by atoms with Crippen LogP contribution >= 0.6 is 11.6 Å². The number of sulfonamides is 1. The number of para-hydroxylation sites is 1. The second-order valence-corrected chi connectivity index (χ2v) is 11.5. The van der Waals surface area contributed by atoms with Crippen molar-refractivity contribution in [3.8, 4) is 0 Å². The Morgan fingerprint density at radius 3 is 2.18 bits per heavy atom. The van der Waals surface area contributed by atoms with Gasteiger partial charge in [-0.15, -0.1) is 0 Å². The van der Waals surface area contributed by atoms with E-state index in [9.17, 15) is 18.0 Å². The molecule has 0 bridgehead atoms. The van der Waals surface area contributed by atoms with Gasteiger partial charge >= 0.3 is 0 Å². The molecule has 1 aliphatic rings. The molecular weight excluding hydrogens is 462 g/mol. The summed E-state index contributed by atoms with van der Waals surface area (Å²) in [7, 11) is -3.74. The van der Waals surface area contributed by atoms with Crippen LogP contribution in [0.2, 0.25) is 5.02 Å². The fraction of sp³-hybridized carbons (Fsp3) is 0.417. The van der Waals surface area contributed by atoms with Crippen LogP contribution in [0.1, 0.15) is 67.2 Å². The fourth-order valence-corrected chi connectivity index (χ4v) is 5.40. The van der Waals surface area contributed by atoms with E-state index in [2.05, 4.69) is 10.6 Å². The van der Waals surface area contributed by atoms with Gasteiger partial charge in [0.2, 0.25) is 10.0 Å². The number of carbonyl (C=O) groups excluding carboxylic acids is 2. The minimum Gasteiger partial charge on any atom is -0.347 e. The first-order valence-corrected chi connectivity index (χ1v) is 12.8. The number of nitrogens with one attached hydrogen (secondary N) is 2. The number of amides is 2. The minimum atomic E-state index is -3.74. The molecule has 2 aromatic carbocycles. The first-order chi connectivity index (χ1) is 15.5. The molecule has 2 amide bonds. The van der Waals surface area contributed by atoms with E-state index in [0.717, 1.165) is 25.7 Å². The van der Waals surface area contributed by atoms with Gasteiger partial charge in [0, 0.05) is 18.6 Å². The Kier molecular flexibility index (Phi) is 7.82. The summed E-state index contributed by atoms with van der Waals surface area (Å²) in [5.41, 5.74) is 0.179. The molecular formula is C24H30ClN3O4S. The number of hydrogen-bond acceptors (Lipinski definition) is 4. The maximum Gasteiger partial charge on any atom is 0.257 e. The molecule has 0 saturated carbocycles. The molecule has 0 atom stereocenters. The van der Waals surface area contributed by atoms with E-state index in [1.54, 1.807) is 24.3 Å². The van der Waals surface area contributed by atoms with Crippen LogP contribution in [0, 0.1) is 0 Å².